The molecule has 2 aromatic rings. The lowest BCUT2D eigenvalue weighted by atomic mass is 10.1. The third kappa shape index (κ3) is 4.43. The Balaban J connectivity index is 1.54. The van der Waals surface area contributed by atoms with Gasteiger partial charge >= 0.3 is 0 Å². The quantitative estimate of drug-likeness (QED) is 0.682. The van der Waals surface area contributed by atoms with Gasteiger partial charge in [0, 0.05) is 13.0 Å². The number of hydrogen-bond donors (Lipinski definition) is 2. The maximum Gasteiger partial charge on any atom is 0.238 e. The van der Waals surface area contributed by atoms with Crippen molar-refractivity contribution in [2.75, 3.05) is 5.75 Å². The fourth-order valence-corrected chi connectivity index (χ4v) is 3.84. The number of nitrogens with two attached hydrogens (primary N) is 1. The Hall–Kier alpha value is -1.91. The van der Waals surface area contributed by atoms with Crippen molar-refractivity contribution in [1.29, 1.82) is 0 Å². The summed E-state index contributed by atoms with van der Waals surface area (Å²) in [6.07, 6.45) is 2.30. The lowest BCUT2D eigenvalue weighted by Crippen LogP contribution is -2.28. The van der Waals surface area contributed by atoms with Crippen LogP contribution in [0.1, 0.15) is 43.1 Å². The second-order valence-corrected chi connectivity index (χ2v) is 8.87. The van der Waals surface area contributed by atoms with Crippen LogP contribution in [-0.4, -0.2) is 34.8 Å². The van der Waals surface area contributed by atoms with Crippen LogP contribution >= 0.6 is 11.8 Å². The molecule has 3 rings (SSSR count). The molecule has 0 radical (unpaired) electrons. The standard InChI is InChI=1S/C16H21N5O3S2/c1-10(11-5-7-13(8-6-11)26(17,23)24)18-14(22)9-25-16-20-19-15(21(16)2)12-3-4-12/h5-8,10,12H,3-4,9H2,1-2H3,(H,18,22)(H2,17,23,24)/t10-/m0/s1. The molecule has 0 unspecified atom stereocenters. The van der Waals surface area contributed by atoms with Crippen molar-refractivity contribution < 1.29 is 13.2 Å². The Labute approximate surface area is 156 Å². The van der Waals surface area contributed by atoms with E-state index in [-0.39, 0.29) is 22.6 Å². The molecule has 0 spiro atoms. The van der Waals surface area contributed by atoms with Gasteiger partial charge in [-0.2, -0.15) is 0 Å². The lowest BCUT2D eigenvalue weighted by molar-refractivity contribution is -0.119. The van der Waals surface area contributed by atoms with Crippen LogP contribution in [-0.2, 0) is 21.9 Å². The number of nitrogens with one attached hydrogen (secondary N) is 1. The van der Waals surface area contributed by atoms with Gasteiger partial charge in [-0.1, -0.05) is 23.9 Å². The summed E-state index contributed by atoms with van der Waals surface area (Å²) < 4.78 is 24.5. The van der Waals surface area contributed by atoms with E-state index >= 15 is 0 Å². The predicted molar refractivity (Wildman–Crippen MR) is 98.1 cm³/mol. The van der Waals surface area contributed by atoms with Crippen LogP contribution in [0.5, 0.6) is 0 Å². The summed E-state index contributed by atoms with van der Waals surface area (Å²) >= 11 is 1.35. The van der Waals surface area contributed by atoms with E-state index in [4.69, 9.17) is 5.14 Å². The molecule has 1 aliphatic carbocycles. The van der Waals surface area contributed by atoms with Crippen LogP contribution in [0.2, 0.25) is 0 Å². The van der Waals surface area contributed by atoms with E-state index in [0.717, 1.165) is 29.4 Å². The van der Waals surface area contributed by atoms with Gasteiger partial charge < -0.3 is 9.88 Å². The molecule has 1 aromatic carbocycles. The van der Waals surface area contributed by atoms with Gasteiger partial charge in [-0.15, -0.1) is 10.2 Å². The predicted octanol–water partition coefficient (Wildman–Crippen LogP) is 1.31. The fourth-order valence-electron chi connectivity index (χ4n) is 2.59. The van der Waals surface area contributed by atoms with E-state index in [2.05, 4.69) is 15.5 Å². The molecule has 0 aliphatic heterocycles. The Morgan fingerprint density at radius 1 is 1.35 bits per heavy atom. The zero-order chi connectivity index (χ0) is 18.9. The van der Waals surface area contributed by atoms with Crippen molar-refractivity contribution in [3.05, 3.63) is 35.7 Å². The van der Waals surface area contributed by atoms with Crippen molar-refractivity contribution in [3.63, 3.8) is 0 Å². The van der Waals surface area contributed by atoms with Crippen molar-refractivity contribution in [2.24, 2.45) is 12.2 Å². The molecule has 0 bridgehead atoms. The molecule has 1 atom stereocenters. The molecule has 1 aliphatic rings. The fraction of sp³-hybridized carbons (Fsp3) is 0.438. The minimum absolute atomic E-state index is 0.0454. The van der Waals surface area contributed by atoms with Gasteiger partial charge in [-0.3, -0.25) is 4.79 Å². The number of sulfonamides is 1. The van der Waals surface area contributed by atoms with Crippen LogP contribution in [0.15, 0.2) is 34.3 Å². The van der Waals surface area contributed by atoms with Gasteiger partial charge in [0.15, 0.2) is 5.16 Å². The molecular weight excluding hydrogens is 374 g/mol. The van der Waals surface area contributed by atoms with Crippen LogP contribution in [0.25, 0.3) is 0 Å². The van der Waals surface area contributed by atoms with Gasteiger partial charge in [0.1, 0.15) is 5.82 Å². The summed E-state index contributed by atoms with van der Waals surface area (Å²) in [5.74, 6) is 1.59. The molecule has 26 heavy (non-hydrogen) atoms. The molecule has 1 amide bonds. The number of benzene rings is 1. The van der Waals surface area contributed by atoms with Gasteiger partial charge in [0.05, 0.1) is 16.7 Å². The minimum Gasteiger partial charge on any atom is -0.349 e. The Morgan fingerprint density at radius 3 is 2.58 bits per heavy atom. The number of thioether (sulfide) groups is 1. The minimum atomic E-state index is -3.72. The van der Waals surface area contributed by atoms with E-state index < -0.39 is 10.0 Å². The second kappa shape index (κ2) is 7.37. The zero-order valence-corrected chi connectivity index (χ0v) is 16.2. The normalized spacial score (nSPS) is 15.7. The number of primary sulfonamides is 1. The van der Waals surface area contributed by atoms with Crippen molar-refractivity contribution >= 4 is 27.7 Å². The van der Waals surface area contributed by atoms with Crippen molar-refractivity contribution in [1.82, 2.24) is 20.1 Å². The maximum absolute atomic E-state index is 12.2. The van der Waals surface area contributed by atoms with E-state index in [1.165, 1.54) is 23.9 Å². The molecule has 1 aromatic heterocycles. The molecular formula is C16H21N5O3S2. The van der Waals surface area contributed by atoms with E-state index in [1.807, 2.05) is 18.5 Å². The number of hydrogen-bond acceptors (Lipinski definition) is 6. The number of nitrogens with zero attached hydrogens (tertiary/aromatic N) is 3. The summed E-state index contributed by atoms with van der Waals surface area (Å²) in [5.41, 5.74) is 0.797. The first-order valence-corrected chi connectivity index (χ1v) is 10.7. The number of amides is 1. The summed E-state index contributed by atoms with van der Waals surface area (Å²) in [6.45, 7) is 1.84. The van der Waals surface area contributed by atoms with Crippen molar-refractivity contribution in [3.8, 4) is 0 Å². The first-order chi connectivity index (χ1) is 12.3. The molecule has 0 saturated heterocycles. The maximum atomic E-state index is 12.2. The molecule has 1 heterocycles. The van der Waals surface area contributed by atoms with E-state index in [9.17, 15) is 13.2 Å². The van der Waals surface area contributed by atoms with Gasteiger partial charge in [-0.05, 0) is 37.5 Å². The van der Waals surface area contributed by atoms with Gasteiger partial charge in [0.2, 0.25) is 15.9 Å². The smallest absolute Gasteiger partial charge is 0.238 e. The third-order valence-electron chi connectivity index (χ3n) is 4.23. The van der Waals surface area contributed by atoms with Gasteiger partial charge in [-0.25, -0.2) is 13.6 Å². The molecule has 1 saturated carbocycles. The molecule has 140 valence electrons. The highest BCUT2D eigenvalue weighted by Gasteiger charge is 2.29. The number of carbonyl (C=O) groups is 1. The van der Waals surface area contributed by atoms with Gasteiger partial charge in [0.25, 0.3) is 0 Å². The first-order valence-electron chi connectivity index (χ1n) is 8.20. The highest BCUT2D eigenvalue weighted by molar-refractivity contribution is 7.99. The van der Waals surface area contributed by atoms with Crippen LogP contribution in [0, 0.1) is 0 Å². The summed E-state index contributed by atoms with van der Waals surface area (Å²) in [6, 6.07) is 5.89. The topological polar surface area (TPSA) is 120 Å². The Bertz CT molecular complexity index is 904. The van der Waals surface area contributed by atoms with E-state index in [1.54, 1.807) is 12.1 Å². The number of carbonyl (C=O) groups excluding carboxylic acids is 1. The summed E-state index contributed by atoms with van der Waals surface area (Å²) in [4.78, 5) is 12.2. The van der Waals surface area contributed by atoms with Crippen LogP contribution in [0.4, 0.5) is 0 Å². The molecule has 8 nitrogen and oxygen atoms in total. The molecule has 10 heteroatoms. The van der Waals surface area contributed by atoms with E-state index in [0.29, 0.717) is 5.92 Å². The highest BCUT2D eigenvalue weighted by atomic mass is 32.2. The average Bonchev–Trinajstić information content (AvgIpc) is 3.36. The third-order valence-corrected chi connectivity index (χ3v) is 6.18. The Kier molecular flexibility index (Phi) is 5.35. The van der Waals surface area contributed by atoms with Crippen molar-refractivity contribution in [2.45, 2.75) is 41.8 Å². The lowest BCUT2D eigenvalue weighted by Gasteiger charge is -2.14. The van der Waals surface area contributed by atoms with Crippen LogP contribution in [0.3, 0.4) is 0 Å². The highest BCUT2D eigenvalue weighted by Crippen LogP contribution is 2.39. The summed E-state index contributed by atoms with van der Waals surface area (Å²) in [5, 5.41) is 17.0. The second-order valence-electron chi connectivity index (χ2n) is 6.37. The Morgan fingerprint density at radius 2 is 2.00 bits per heavy atom. The summed E-state index contributed by atoms with van der Waals surface area (Å²) in [7, 11) is -1.80. The van der Waals surface area contributed by atoms with Crippen LogP contribution < -0.4 is 10.5 Å². The molecule has 1 fully saturated rings. The monoisotopic (exact) mass is 395 g/mol. The largest absolute Gasteiger partial charge is 0.349 e. The zero-order valence-electron chi connectivity index (χ0n) is 14.5. The molecule has 3 N–H and O–H groups in total. The number of rotatable bonds is 7. The average molecular weight is 396 g/mol. The number of aromatic nitrogens is 3. The SMILES string of the molecule is C[C@H](NC(=O)CSc1nnc(C2CC2)n1C)c1ccc(S(N)(=O)=O)cc1. The first kappa shape index (κ1) is 18.9.